The number of sulfonamides is 1. The minimum Gasteiger partial charge on any atom is -0.480 e. The molecule has 1 aliphatic heterocycles. The fraction of sp³-hybridized carbons (Fsp3) is 0.250. The standard InChI is InChI=1S/C24H22Cl2N2O6S/c25-15-10-16(26)12-17(11-15)35(33,34)28-20(24(31)32)9-13-7-14-3-1-2-4-18(14)19(8-13)23(30)22-21(29)5-6-27-22/h1-4,7-8,10-12,20,22-23,27-28,30H,5-6,9H2,(H,31,32). The van der Waals surface area contributed by atoms with Crippen LogP contribution in [0.5, 0.6) is 0 Å². The number of nitrogens with one attached hydrogen (secondary N) is 2. The number of halogens is 2. The van der Waals surface area contributed by atoms with E-state index in [0.717, 1.165) is 5.39 Å². The number of rotatable bonds is 8. The van der Waals surface area contributed by atoms with E-state index in [0.29, 0.717) is 29.5 Å². The monoisotopic (exact) mass is 536 g/mol. The smallest absolute Gasteiger partial charge is 0.322 e. The van der Waals surface area contributed by atoms with E-state index < -0.39 is 34.2 Å². The van der Waals surface area contributed by atoms with Crippen molar-refractivity contribution in [1.29, 1.82) is 0 Å². The Morgan fingerprint density at radius 1 is 1.11 bits per heavy atom. The number of carboxylic acid groups (broad SMARTS) is 1. The van der Waals surface area contributed by atoms with Crippen LogP contribution in [0.25, 0.3) is 10.8 Å². The molecule has 0 amide bonds. The highest BCUT2D eigenvalue weighted by atomic mass is 35.5. The van der Waals surface area contributed by atoms with Gasteiger partial charge in [0.15, 0.2) is 5.78 Å². The Bertz CT molecular complexity index is 1390. The first-order valence-corrected chi connectivity index (χ1v) is 13.0. The number of hydrogen-bond donors (Lipinski definition) is 4. The maximum absolute atomic E-state index is 12.9. The van der Waals surface area contributed by atoms with E-state index >= 15 is 0 Å². The molecule has 0 aliphatic carbocycles. The second-order valence-electron chi connectivity index (χ2n) is 8.32. The second kappa shape index (κ2) is 10.2. The summed E-state index contributed by atoms with van der Waals surface area (Å²) < 4.78 is 27.9. The molecule has 1 saturated heterocycles. The topological polar surface area (TPSA) is 133 Å². The third kappa shape index (κ3) is 5.66. The highest BCUT2D eigenvalue weighted by Crippen LogP contribution is 2.30. The molecule has 0 aromatic heterocycles. The summed E-state index contributed by atoms with van der Waals surface area (Å²) in [5, 5.41) is 25.4. The maximum atomic E-state index is 12.9. The highest BCUT2D eigenvalue weighted by Gasteiger charge is 2.33. The molecule has 0 saturated carbocycles. The lowest BCUT2D eigenvalue weighted by molar-refractivity contribution is -0.138. The molecule has 1 heterocycles. The van der Waals surface area contributed by atoms with E-state index in [9.17, 15) is 28.2 Å². The number of hydrogen-bond acceptors (Lipinski definition) is 6. The Labute approximate surface area is 211 Å². The van der Waals surface area contributed by atoms with Crippen molar-refractivity contribution in [2.24, 2.45) is 0 Å². The van der Waals surface area contributed by atoms with Crippen LogP contribution in [0.4, 0.5) is 0 Å². The Morgan fingerprint density at radius 2 is 1.80 bits per heavy atom. The molecule has 3 aromatic rings. The number of aliphatic hydroxyl groups is 1. The van der Waals surface area contributed by atoms with Crippen LogP contribution in [0, 0.1) is 0 Å². The molecule has 1 fully saturated rings. The van der Waals surface area contributed by atoms with Crippen molar-refractivity contribution >= 4 is 55.8 Å². The summed E-state index contributed by atoms with van der Waals surface area (Å²) in [5.41, 5.74) is 0.932. The van der Waals surface area contributed by atoms with Crippen molar-refractivity contribution < 1.29 is 28.2 Å². The maximum Gasteiger partial charge on any atom is 0.322 e. The largest absolute Gasteiger partial charge is 0.480 e. The predicted molar refractivity (Wildman–Crippen MR) is 132 cm³/mol. The average molecular weight is 537 g/mol. The van der Waals surface area contributed by atoms with Gasteiger partial charge in [-0.1, -0.05) is 59.6 Å². The average Bonchev–Trinajstić information content (AvgIpc) is 3.22. The third-order valence-electron chi connectivity index (χ3n) is 5.85. The van der Waals surface area contributed by atoms with Gasteiger partial charge >= 0.3 is 5.97 Å². The number of ketones is 1. The van der Waals surface area contributed by atoms with Gasteiger partial charge in [-0.05, 0) is 46.5 Å². The van der Waals surface area contributed by atoms with Crippen LogP contribution in [0.3, 0.4) is 0 Å². The molecule has 1 aliphatic rings. The Balaban J connectivity index is 1.68. The summed E-state index contributed by atoms with van der Waals surface area (Å²) in [6, 6.07) is 12.0. The fourth-order valence-electron chi connectivity index (χ4n) is 4.21. The first-order chi connectivity index (χ1) is 16.5. The van der Waals surface area contributed by atoms with Crippen LogP contribution in [0.1, 0.15) is 23.7 Å². The molecule has 8 nitrogen and oxygen atoms in total. The van der Waals surface area contributed by atoms with Crippen LogP contribution in [0.2, 0.25) is 10.0 Å². The molecule has 0 bridgehead atoms. The molecule has 3 unspecified atom stereocenters. The predicted octanol–water partition coefficient (Wildman–Crippen LogP) is 3.09. The third-order valence-corrected chi connectivity index (χ3v) is 7.74. The molecule has 3 aromatic carbocycles. The lowest BCUT2D eigenvalue weighted by atomic mass is 9.91. The van der Waals surface area contributed by atoms with Crippen LogP contribution in [-0.2, 0) is 26.0 Å². The normalized spacial score (nSPS) is 18.0. The number of fused-ring (bicyclic) bond motifs is 1. The van der Waals surface area contributed by atoms with Crippen LogP contribution < -0.4 is 10.0 Å². The summed E-state index contributed by atoms with van der Waals surface area (Å²) >= 11 is 11.8. The van der Waals surface area contributed by atoms with E-state index in [1.807, 2.05) is 0 Å². The zero-order valence-corrected chi connectivity index (χ0v) is 20.6. The van der Waals surface area contributed by atoms with E-state index in [2.05, 4.69) is 10.0 Å². The van der Waals surface area contributed by atoms with Gasteiger partial charge in [-0.25, -0.2) is 8.42 Å². The first kappa shape index (κ1) is 25.6. The molecule has 0 spiro atoms. The number of Topliss-reactive ketones (excluding diaryl/α,β-unsaturated/α-hetero) is 1. The zero-order chi connectivity index (χ0) is 25.3. The van der Waals surface area contributed by atoms with Gasteiger partial charge in [0.2, 0.25) is 10.0 Å². The summed E-state index contributed by atoms with van der Waals surface area (Å²) in [6.45, 7) is 0.467. The van der Waals surface area contributed by atoms with Crippen LogP contribution >= 0.6 is 23.2 Å². The van der Waals surface area contributed by atoms with E-state index in [4.69, 9.17) is 23.2 Å². The SMILES string of the molecule is O=C(O)C(Cc1cc(C(O)C2NCCC2=O)c2ccccc2c1)NS(=O)(=O)c1cc(Cl)cc(Cl)c1. The van der Waals surface area contributed by atoms with E-state index in [1.54, 1.807) is 36.4 Å². The Morgan fingerprint density at radius 3 is 2.43 bits per heavy atom. The first-order valence-electron chi connectivity index (χ1n) is 10.7. The van der Waals surface area contributed by atoms with Gasteiger partial charge in [-0.3, -0.25) is 9.59 Å². The van der Waals surface area contributed by atoms with Gasteiger partial charge in [0.25, 0.3) is 0 Å². The molecule has 3 atom stereocenters. The van der Waals surface area contributed by atoms with Crippen LogP contribution in [0.15, 0.2) is 59.5 Å². The summed E-state index contributed by atoms with van der Waals surface area (Å²) in [7, 11) is -4.26. The number of carboxylic acids is 1. The minimum atomic E-state index is -4.26. The van der Waals surface area contributed by atoms with Gasteiger partial charge < -0.3 is 15.5 Å². The molecule has 35 heavy (non-hydrogen) atoms. The second-order valence-corrected chi connectivity index (χ2v) is 10.9. The summed E-state index contributed by atoms with van der Waals surface area (Å²) in [6.07, 6.45) is -1.04. The van der Waals surface area contributed by atoms with Crippen molar-refractivity contribution in [1.82, 2.24) is 10.0 Å². The number of aliphatic carboxylic acids is 1. The molecule has 4 N–H and O–H groups in total. The lowest BCUT2D eigenvalue weighted by Crippen LogP contribution is -2.42. The van der Waals surface area contributed by atoms with Crippen molar-refractivity contribution in [2.45, 2.75) is 35.9 Å². The highest BCUT2D eigenvalue weighted by molar-refractivity contribution is 7.89. The molecule has 0 radical (unpaired) electrons. The van der Waals surface area contributed by atoms with E-state index in [1.165, 1.54) is 18.2 Å². The van der Waals surface area contributed by atoms with Crippen molar-refractivity contribution in [3.05, 3.63) is 75.8 Å². The van der Waals surface area contributed by atoms with Crippen molar-refractivity contribution in [2.75, 3.05) is 6.54 Å². The van der Waals surface area contributed by atoms with Gasteiger partial charge in [0.05, 0.1) is 10.9 Å². The molecule has 4 rings (SSSR count). The zero-order valence-electron chi connectivity index (χ0n) is 18.2. The minimum absolute atomic E-state index is 0.0907. The van der Waals surface area contributed by atoms with Gasteiger partial charge in [-0.2, -0.15) is 4.72 Å². The van der Waals surface area contributed by atoms with E-state index in [-0.39, 0.29) is 27.1 Å². The number of carbonyl (C=O) groups excluding carboxylic acids is 1. The summed E-state index contributed by atoms with van der Waals surface area (Å²) in [5.74, 6) is -1.49. The molecule has 11 heteroatoms. The Kier molecular flexibility index (Phi) is 7.46. The van der Waals surface area contributed by atoms with Crippen molar-refractivity contribution in [3.63, 3.8) is 0 Å². The van der Waals surface area contributed by atoms with Crippen molar-refractivity contribution in [3.8, 4) is 0 Å². The van der Waals surface area contributed by atoms with Gasteiger partial charge in [0, 0.05) is 23.0 Å². The molecule has 184 valence electrons. The number of aliphatic hydroxyl groups excluding tert-OH is 1. The summed E-state index contributed by atoms with van der Waals surface area (Å²) in [4.78, 5) is 24.0. The Hall–Kier alpha value is -2.53. The number of benzene rings is 3. The van der Waals surface area contributed by atoms with Gasteiger partial charge in [0.1, 0.15) is 12.1 Å². The fourth-order valence-corrected chi connectivity index (χ4v) is 6.12. The molecular weight excluding hydrogens is 515 g/mol. The number of carbonyl (C=O) groups is 2. The van der Waals surface area contributed by atoms with Gasteiger partial charge in [-0.15, -0.1) is 0 Å². The van der Waals surface area contributed by atoms with Crippen LogP contribution in [-0.4, -0.2) is 49.0 Å². The quantitative estimate of drug-likeness (QED) is 0.347. The molecular formula is C24H22Cl2N2O6S. The lowest BCUT2D eigenvalue weighted by Gasteiger charge is -2.21.